The van der Waals surface area contributed by atoms with E-state index in [0.717, 1.165) is 10.6 Å². The summed E-state index contributed by atoms with van der Waals surface area (Å²) in [5, 5.41) is 5.38. The summed E-state index contributed by atoms with van der Waals surface area (Å²) in [5.41, 5.74) is 2.74. The molecule has 3 heterocycles. The van der Waals surface area contributed by atoms with Gasteiger partial charge in [0, 0.05) is 22.3 Å². The topological polar surface area (TPSA) is 62.3 Å². The Morgan fingerprint density at radius 1 is 1.23 bits per heavy atom. The number of hydrogen-bond acceptors (Lipinski definition) is 5. The number of amides is 1. The van der Waals surface area contributed by atoms with Gasteiger partial charge in [0.05, 0.1) is 17.8 Å². The smallest absolute Gasteiger partial charge is 0.258 e. The van der Waals surface area contributed by atoms with Crippen molar-refractivity contribution in [1.29, 1.82) is 0 Å². The van der Waals surface area contributed by atoms with Gasteiger partial charge in [-0.25, -0.2) is 0 Å². The third-order valence-electron chi connectivity index (χ3n) is 4.38. The van der Waals surface area contributed by atoms with Crippen LogP contribution in [0.2, 0.25) is 0 Å². The van der Waals surface area contributed by atoms with Crippen molar-refractivity contribution in [3.05, 3.63) is 81.8 Å². The number of aromatic nitrogens is 1. The Morgan fingerprint density at radius 2 is 2.12 bits per heavy atom. The van der Waals surface area contributed by atoms with Gasteiger partial charge in [-0.3, -0.25) is 14.6 Å². The van der Waals surface area contributed by atoms with Crippen LogP contribution in [-0.2, 0) is 6.54 Å². The summed E-state index contributed by atoms with van der Waals surface area (Å²) in [6, 6.07) is 14.9. The number of nitrogens with zero attached hydrogens (tertiary/aromatic N) is 2. The van der Waals surface area contributed by atoms with Gasteiger partial charge in [-0.1, -0.05) is 18.2 Å². The third-order valence-corrected chi connectivity index (χ3v) is 5.24. The molecular weight excluding hydrogens is 346 g/mol. The minimum absolute atomic E-state index is 0.00474. The van der Waals surface area contributed by atoms with Gasteiger partial charge >= 0.3 is 0 Å². The number of hydrogen-bond donors (Lipinski definition) is 1. The van der Waals surface area contributed by atoms with E-state index in [9.17, 15) is 9.59 Å². The van der Waals surface area contributed by atoms with Gasteiger partial charge in [-0.05, 0) is 42.6 Å². The van der Waals surface area contributed by atoms with Gasteiger partial charge in [-0.2, -0.15) is 0 Å². The molecule has 1 atom stereocenters. The molecule has 1 amide bonds. The van der Waals surface area contributed by atoms with Crippen LogP contribution in [0.3, 0.4) is 0 Å². The van der Waals surface area contributed by atoms with Crippen molar-refractivity contribution in [3.63, 3.8) is 0 Å². The molecule has 3 aromatic rings. The van der Waals surface area contributed by atoms with Crippen molar-refractivity contribution in [2.75, 3.05) is 5.32 Å². The maximum atomic E-state index is 12.9. The van der Waals surface area contributed by atoms with Crippen LogP contribution in [0.1, 0.15) is 44.4 Å². The SMILES string of the molecule is CC(=O)c1cccc(NC2c3ncccc3C(=O)N2Cc2cccs2)c1. The molecule has 0 spiro atoms. The first kappa shape index (κ1) is 16.5. The molecule has 0 bridgehead atoms. The second-order valence-electron chi connectivity index (χ2n) is 6.13. The number of thiophene rings is 1. The monoisotopic (exact) mass is 363 g/mol. The molecular formula is C20H17N3O2S. The van der Waals surface area contributed by atoms with Crippen LogP contribution in [0.25, 0.3) is 0 Å². The van der Waals surface area contributed by atoms with Crippen molar-refractivity contribution >= 4 is 28.7 Å². The Labute approximate surface area is 155 Å². The zero-order valence-corrected chi connectivity index (χ0v) is 15.0. The van der Waals surface area contributed by atoms with E-state index in [-0.39, 0.29) is 17.9 Å². The van der Waals surface area contributed by atoms with E-state index in [1.54, 1.807) is 46.7 Å². The van der Waals surface area contributed by atoms with Crippen molar-refractivity contribution in [2.24, 2.45) is 0 Å². The number of rotatable bonds is 5. The first-order valence-corrected chi connectivity index (χ1v) is 9.17. The number of nitrogens with one attached hydrogen (secondary N) is 1. The van der Waals surface area contributed by atoms with Crippen LogP contribution in [0, 0.1) is 0 Å². The Morgan fingerprint density at radius 3 is 2.88 bits per heavy atom. The lowest BCUT2D eigenvalue weighted by Gasteiger charge is -2.26. The highest BCUT2D eigenvalue weighted by atomic mass is 32.1. The second-order valence-corrected chi connectivity index (χ2v) is 7.16. The summed E-state index contributed by atoms with van der Waals surface area (Å²) in [6.45, 7) is 2.05. The molecule has 1 aromatic carbocycles. The minimum atomic E-state index is -0.372. The zero-order valence-electron chi connectivity index (χ0n) is 14.2. The fourth-order valence-corrected chi connectivity index (χ4v) is 3.80. The van der Waals surface area contributed by atoms with E-state index in [0.29, 0.717) is 23.4 Å². The van der Waals surface area contributed by atoms with Gasteiger partial charge in [0.25, 0.3) is 5.91 Å². The summed E-state index contributed by atoms with van der Waals surface area (Å²) in [6.07, 6.45) is 1.32. The van der Waals surface area contributed by atoms with Gasteiger partial charge in [0.2, 0.25) is 0 Å². The van der Waals surface area contributed by atoms with Gasteiger partial charge in [-0.15, -0.1) is 11.3 Å². The summed E-state index contributed by atoms with van der Waals surface area (Å²) in [7, 11) is 0. The Kier molecular flexibility index (Phi) is 4.26. The van der Waals surface area contributed by atoms with E-state index in [1.165, 1.54) is 6.92 Å². The second kappa shape index (κ2) is 6.72. The molecule has 0 saturated heterocycles. The third kappa shape index (κ3) is 2.99. The summed E-state index contributed by atoms with van der Waals surface area (Å²) < 4.78 is 0. The molecule has 5 nitrogen and oxygen atoms in total. The summed E-state index contributed by atoms with van der Waals surface area (Å²) in [5.74, 6) is -0.0353. The largest absolute Gasteiger partial charge is 0.360 e. The van der Waals surface area contributed by atoms with Crippen LogP contribution in [0.15, 0.2) is 60.1 Å². The van der Waals surface area contributed by atoms with Gasteiger partial charge in [0.15, 0.2) is 5.78 Å². The fraction of sp³-hybridized carbons (Fsp3) is 0.150. The number of carbonyl (C=O) groups excluding carboxylic acids is 2. The van der Waals surface area contributed by atoms with E-state index >= 15 is 0 Å². The van der Waals surface area contributed by atoms with Crippen LogP contribution in [-0.4, -0.2) is 21.6 Å². The zero-order chi connectivity index (χ0) is 18.1. The van der Waals surface area contributed by atoms with Crippen LogP contribution < -0.4 is 5.32 Å². The quantitative estimate of drug-likeness (QED) is 0.693. The van der Waals surface area contributed by atoms with Crippen molar-refractivity contribution < 1.29 is 9.59 Å². The predicted octanol–water partition coefficient (Wildman–Crippen LogP) is 4.11. The predicted molar refractivity (Wildman–Crippen MR) is 101 cm³/mol. The summed E-state index contributed by atoms with van der Waals surface area (Å²) in [4.78, 5) is 31.9. The maximum Gasteiger partial charge on any atom is 0.258 e. The number of Topliss-reactive ketones (excluding diaryl/α,β-unsaturated/α-hetero) is 1. The molecule has 0 aliphatic carbocycles. The average Bonchev–Trinajstić information content (AvgIpc) is 3.25. The van der Waals surface area contributed by atoms with Crippen LogP contribution in [0.5, 0.6) is 0 Å². The molecule has 26 heavy (non-hydrogen) atoms. The molecule has 1 aliphatic rings. The lowest BCUT2D eigenvalue weighted by molar-refractivity contribution is 0.0729. The molecule has 0 fully saturated rings. The Balaban J connectivity index is 1.69. The van der Waals surface area contributed by atoms with E-state index in [1.807, 2.05) is 29.6 Å². The molecule has 1 unspecified atom stereocenters. The molecule has 0 saturated carbocycles. The number of carbonyl (C=O) groups is 2. The number of benzene rings is 1. The van der Waals surface area contributed by atoms with Crippen LogP contribution in [0.4, 0.5) is 5.69 Å². The average molecular weight is 363 g/mol. The molecule has 6 heteroatoms. The number of anilines is 1. The van der Waals surface area contributed by atoms with Crippen molar-refractivity contribution in [1.82, 2.24) is 9.88 Å². The maximum absolute atomic E-state index is 12.9. The van der Waals surface area contributed by atoms with Gasteiger partial charge < -0.3 is 10.2 Å². The Hall–Kier alpha value is -2.99. The van der Waals surface area contributed by atoms with Crippen molar-refractivity contribution in [3.8, 4) is 0 Å². The van der Waals surface area contributed by atoms with E-state index < -0.39 is 0 Å². The highest BCUT2D eigenvalue weighted by molar-refractivity contribution is 7.09. The summed E-state index contributed by atoms with van der Waals surface area (Å²) >= 11 is 1.62. The van der Waals surface area contributed by atoms with Gasteiger partial charge in [0.1, 0.15) is 6.17 Å². The lowest BCUT2D eigenvalue weighted by atomic mass is 10.1. The van der Waals surface area contributed by atoms with Crippen molar-refractivity contribution in [2.45, 2.75) is 19.6 Å². The number of pyridine rings is 1. The highest BCUT2D eigenvalue weighted by Crippen LogP contribution is 2.34. The molecule has 130 valence electrons. The lowest BCUT2D eigenvalue weighted by Crippen LogP contribution is -2.31. The normalized spacial score (nSPS) is 15.8. The number of ketones is 1. The molecule has 0 radical (unpaired) electrons. The first-order chi connectivity index (χ1) is 12.6. The fourth-order valence-electron chi connectivity index (χ4n) is 3.10. The Bertz CT molecular complexity index is 969. The van der Waals surface area contributed by atoms with Crippen LogP contribution >= 0.6 is 11.3 Å². The van der Waals surface area contributed by atoms with E-state index in [4.69, 9.17) is 0 Å². The minimum Gasteiger partial charge on any atom is -0.360 e. The first-order valence-electron chi connectivity index (χ1n) is 8.29. The standard InChI is InChI=1S/C20H17N3O2S/c1-13(24)14-5-2-6-15(11-14)22-19-18-17(8-3-9-21-18)20(25)23(19)12-16-7-4-10-26-16/h2-11,19,22H,12H2,1H3. The molecule has 1 N–H and O–H groups in total. The highest BCUT2D eigenvalue weighted by Gasteiger charge is 2.38. The number of fused-ring (bicyclic) bond motifs is 1. The molecule has 4 rings (SSSR count). The molecule has 2 aromatic heterocycles. The molecule has 1 aliphatic heterocycles. The van der Waals surface area contributed by atoms with E-state index in [2.05, 4.69) is 10.3 Å².